The Morgan fingerprint density at radius 3 is 2.05 bits per heavy atom. The zero-order valence-corrected chi connectivity index (χ0v) is 12.0. The number of carbonyl (C=O) groups is 2. The molecule has 2 amide bonds. The topological polar surface area (TPSA) is 66.6 Å². The first-order chi connectivity index (χ1) is 8.98. The Morgan fingerprint density at radius 1 is 1.11 bits per heavy atom. The van der Waals surface area contributed by atoms with Crippen molar-refractivity contribution in [2.75, 3.05) is 32.7 Å². The quantitative estimate of drug-likeness (QED) is 0.804. The number of nitrogens with zero attached hydrogens (tertiary/aromatic N) is 2. The maximum Gasteiger partial charge on any atom is 0.230 e. The summed E-state index contributed by atoms with van der Waals surface area (Å²) >= 11 is 0. The third-order valence-corrected chi connectivity index (χ3v) is 4.20. The molecule has 0 radical (unpaired) electrons. The molecule has 1 saturated carbocycles. The molecule has 0 spiro atoms. The number of amides is 2. The third kappa shape index (κ3) is 3.08. The van der Waals surface area contributed by atoms with Gasteiger partial charge in [-0.3, -0.25) is 9.59 Å². The number of carbonyl (C=O) groups excluding carboxylic acids is 2. The zero-order valence-electron chi connectivity index (χ0n) is 12.0. The number of nitrogens with two attached hydrogens (primary N) is 1. The SMILES string of the molecule is CC(C)CC(=O)N1CCN(C(=O)C2(CN)CC2)CC1. The minimum atomic E-state index is -0.260. The molecule has 1 saturated heterocycles. The second-order valence-corrected chi connectivity index (χ2v) is 6.26. The third-order valence-electron chi connectivity index (χ3n) is 4.20. The second-order valence-electron chi connectivity index (χ2n) is 6.26. The van der Waals surface area contributed by atoms with Crippen LogP contribution in [0.1, 0.15) is 33.1 Å². The van der Waals surface area contributed by atoms with Crippen LogP contribution in [-0.4, -0.2) is 54.3 Å². The van der Waals surface area contributed by atoms with Crippen LogP contribution in [0.5, 0.6) is 0 Å². The van der Waals surface area contributed by atoms with Crippen molar-refractivity contribution in [1.82, 2.24) is 9.80 Å². The van der Waals surface area contributed by atoms with Crippen molar-refractivity contribution in [3.63, 3.8) is 0 Å². The molecular weight excluding hydrogens is 242 g/mol. The van der Waals surface area contributed by atoms with Gasteiger partial charge in [-0.25, -0.2) is 0 Å². The van der Waals surface area contributed by atoms with Crippen LogP contribution in [0.2, 0.25) is 0 Å². The summed E-state index contributed by atoms with van der Waals surface area (Å²) in [5.74, 6) is 0.798. The fraction of sp³-hybridized carbons (Fsp3) is 0.857. The van der Waals surface area contributed by atoms with Crippen LogP contribution < -0.4 is 5.73 Å². The van der Waals surface area contributed by atoms with Gasteiger partial charge in [0.25, 0.3) is 0 Å². The van der Waals surface area contributed by atoms with E-state index in [4.69, 9.17) is 5.73 Å². The fourth-order valence-corrected chi connectivity index (χ4v) is 2.63. The highest BCUT2D eigenvalue weighted by atomic mass is 16.2. The summed E-state index contributed by atoms with van der Waals surface area (Å²) in [6, 6.07) is 0. The van der Waals surface area contributed by atoms with E-state index < -0.39 is 0 Å². The zero-order chi connectivity index (χ0) is 14.0. The molecule has 5 heteroatoms. The van der Waals surface area contributed by atoms with Crippen LogP contribution in [0.4, 0.5) is 0 Å². The number of rotatable bonds is 4. The number of piperazine rings is 1. The predicted molar refractivity (Wildman–Crippen MR) is 73.3 cm³/mol. The smallest absolute Gasteiger partial charge is 0.230 e. The van der Waals surface area contributed by atoms with Gasteiger partial charge in [0.15, 0.2) is 0 Å². The first-order valence-electron chi connectivity index (χ1n) is 7.26. The van der Waals surface area contributed by atoms with Crippen molar-refractivity contribution in [1.29, 1.82) is 0 Å². The van der Waals surface area contributed by atoms with Gasteiger partial charge in [0.2, 0.25) is 11.8 Å². The monoisotopic (exact) mass is 267 g/mol. The molecule has 2 rings (SSSR count). The Labute approximate surface area is 115 Å². The van der Waals surface area contributed by atoms with E-state index in [2.05, 4.69) is 13.8 Å². The summed E-state index contributed by atoms with van der Waals surface area (Å²) in [4.78, 5) is 28.0. The first kappa shape index (κ1) is 14.3. The van der Waals surface area contributed by atoms with Crippen LogP contribution in [-0.2, 0) is 9.59 Å². The van der Waals surface area contributed by atoms with Gasteiger partial charge < -0.3 is 15.5 Å². The van der Waals surface area contributed by atoms with Crippen molar-refractivity contribution in [2.24, 2.45) is 17.1 Å². The van der Waals surface area contributed by atoms with E-state index in [1.165, 1.54) is 0 Å². The molecule has 0 bridgehead atoms. The first-order valence-corrected chi connectivity index (χ1v) is 7.26. The van der Waals surface area contributed by atoms with Crippen molar-refractivity contribution < 1.29 is 9.59 Å². The summed E-state index contributed by atoms with van der Waals surface area (Å²) < 4.78 is 0. The highest BCUT2D eigenvalue weighted by Crippen LogP contribution is 2.46. The summed E-state index contributed by atoms with van der Waals surface area (Å²) in [7, 11) is 0. The van der Waals surface area contributed by atoms with Gasteiger partial charge in [0, 0.05) is 39.1 Å². The summed E-state index contributed by atoms with van der Waals surface area (Å²) in [5.41, 5.74) is 5.43. The molecule has 1 aliphatic carbocycles. The molecule has 0 aromatic rings. The van der Waals surface area contributed by atoms with Gasteiger partial charge >= 0.3 is 0 Å². The molecule has 108 valence electrons. The summed E-state index contributed by atoms with van der Waals surface area (Å²) in [6.07, 6.45) is 2.45. The van der Waals surface area contributed by atoms with Crippen LogP contribution in [0.3, 0.4) is 0 Å². The standard InChI is InChI=1S/C14H25N3O2/c1-11(2)9-12(18)16-5-7-17(8-6-16)13(19)14(10-15)3-4-14/h11H,3-10,15H2,1-2H3. The molecule has 0 aromatic carbocycles. The van der Waals surface area contributed by atoms with E-state index >= 15 is 0 Å². The van der Waals surface area contributed by atoms with Gasteiger partial charge in [-0.2, -0.15) is 0 Å². The lowest BCUT2D eigenvalue weighted by Gasteiger charge is -2.36. The Bertz CT molecular complexity index is 356. The lowest BCUT2D eigenvalue weighted by atomic mass is 10.0. The van der Waals surface area contributed by atoms with Gasteiger partial charge in [-0.05, 0) is 18.8 Å². The average molecular weight is 267 g/mol. The molecule has 19 heavy (non-hydrogen) atoms. The summed E-state index contributed by atoms with van der Waals surface area (Å²) in [5, 5.41) is 0. The normalized spacial score (nSPS) is 21.7. The maximum atomic E-state index is 12.3. The van der Waals surface area contributed by atoms with E-state index in [9.17, 15) is 9.59 Å². The fourth-order valence-electron chi connectivity index (χ4n) is 2.63. The van der Waals surface area contributed by atoms with Crippen LogP contribution >= 0.6 is 0 Å². The van der Waals surface area contributed by atoms with Gasteiger partial charge in [0.05, 0.1) is 5.41 Å². The molecule has 5 nitrogen and oxygen atoms in total. The van der Waals surface area contributed by atoms with Crippen LogP contribution in [0.15, 0.2) is 0 Å². The maximum absolute atomic E-state index is 12.3. The van der Waals surface area contributed by atoms with E-state index in [1.807, 2.05) is 9.80 Å². The Hall–Kier alpha value is -1.10. The molecule has 2 aliphatic rings. The molecular formula is C14H25N3O2. The number of hydrogen-bond acceptors (Lipinski definition) is 3. The minimum Gasteiger partial charge on any atom is -0.339 e. The van der Waals surface area contributed by atoms with Crippen molar-refractivity contribution in [3.05, 3.63) is 0 Å². The molecule has 1 heterocycles. The van der Waals surface area contributed by atoms with Gasteiger partial charge in [0.1, 0.15) is 0 Å². The van der Waals surface area contributed by atoms with E-state index in [0.717, 1.165) is 12.8 Å². The highest BCUT2D eigenvalue weighted by molar-refractivity contribution is 5.86. The van der Waals surface area contributed by atoms with Crippen molar-refractivity contribution >= 4 is 11.8 Å². The molecule has 0 aromatic heterocycles. The van der Waals surface area contributed by atoms with Crippen molar-refractivity contribution in [3.8, 4) is 0 Å². The lowest BCUT2D eigenvalue weighted by molar-refractivity contribution is -0.143. The lowest BCUT2D eigenvalue weighted by Crippen LogP contribution is -2.53. The van der Waals surface area contributed by atoms with Crippen molar-refractivity contribution in [2.45, 2.75) is 33.1 Å². The van der Waals surface area contributed by atoms with Crippen LogP contribution in [0.25, 0.3) is 0 Å². The molecule has 0 atom stereocenters. The van der Waals surface area contributed by atoms with E-state index in [1.54, 1.807) is 0 Å². The predicted octanol–water partition coefficient (Wildman–Crippen LogP) is 0.442. The molecule has 2 N–H and O–H groups in total. The Morgan fingerprint density at radius 2 is 1.63 bits per heavy atom. The molecule has 0 unspecified atom stereocenters. The second kappa shape index (κ2) is 5.49. The van der Waals surface area contributed by atoms with Crippen LogP contribution in [0, 0.1) is 11.3 Å². The Kier molecular flexibility index (Phi) is 4.13. The largest absolute Gasteiger partial charge is 0.339 e. The average Bonchev–Trinajstić information content (AvgIpc) is 3.18. The summed E-state index contributed by atoms with van der Waals surface area (Å²) in [6.45, 7) is 7.20. The highest BCUT2D eigenvalue weighted by Gasteiger charge is 2.50. The van der Waals surface area contributed by atoms with Gasteiger partial charge in [-0.15, -0.1) is 0 Å². The van der Waals surface area contributed by atoms with E-state index in [0.29, 0.717) is 45.1 Å². The number of hydrogen-bond donors (Lipinski definition) is 1. The minimum absolute atomic E-state index is 0.200. The molecule has 1 aliphatic heterocycles. The Balaban J connectivity index is 1.82. The molecule has 2 fully saturated rings. The van der Waals surface area contributed by atoms with E-state index in [-0.39, 0.29) is 17.2 Å². The van der Waals surface area contributed by atoms with Gasteiger partial charge in [-0.1, -0.05) is 13.8 Å².